The second-order valence-corrected chi connectivity index (χ2v) is 6.42. The Kier molecular flexibility index (Phi) is 2.74. The summed E-state index contributed by atoms with van der Waals surface area (Å²) in [7, 11) is 0. The van der Waals surface area contributed by atoms with E-state index in [-0.39, 0.29) is 0 Å². The van der Waals surface area contributed by atoms with E-state index in [9.17, 15) is 0 Å². The molecule has 0 saturated carbocycles. The first-order valence-corrected chi connectivity index (χ1v) is 7.62. The van der Waals surface area contributed by atoms with Crippen LogP contribution in [-0.2, 0) is 0 Å². The summed E-state index contributed by atoms with van der Waals surface area (Å²) in [5, 5.41) is 2.28. The summed E-state index contributed by atoms with van der Waals surface area (Å²) in [4.78, 5) is 9.00. The van der Waals surface area contributed by atoms with E-state index in [4.69, 9.17) is 23.2 Å². The van der Waals surface area contributed by atoms with E-state index in [2.05, 4.69) is 28.2 Å². The first-order valence-electron chi connectivity index (χ1n) is 6.04. The highest BCUT2D eigenvalue weighted by Crippen LogP contribution is 2.34. The quantitative estimate of drug-likeness (QED) is 0.475. The maximum absolute atomic E-state index is 6.03. The summed E-state index contributed by atoms with van der Waals surface area (Å²) in [6.07, 6.45) is 0. The second-order valence-electron chi connectivity index (χ2n) is 4.52. The molecule has 0 radical (unpaired) electrons. The third-order valence-corrected chi connectivity index (χ3v) is 5.03. The molecule has 4 rings (SSSR count). The summed E-state index contributed by atoms with van der Waals surface area (Å²) in [6, 6.07) is 14.0. The van der Waals surface area contributed by atoms with Crippen molar-refractivity contribution in [2.75, 3.05) is 0 Å². The molecular weight excluding hydrogens is 311 g/mol. The van der Waals surface area contributed by atoms with Gasteiger partial charge in [0.05, 0.1) is 26.0 Å². The first kappa shape index (κ1) is 12.2. The zero-order chi connectivity index (χ0) is 13.7. The molecule has 2 aromatic carbocycles. The predicted molar refractivity (Wildman–Crippen MR) is 86.9 cm³/mol. The van der Waals surface area contributed by atoms with Crippen LogP contribution in [0.25, 0.3) is 31.8 Å². The number of benzene rings is 2. The molecule has 0 atom stereocenters. The van der Waals surface area contributed by atoms with Crippen LogP contribution < -0.4 is 0 Å². The minimum absolute atomic E-state index is 0.522. The minimum Gasteiger partial charge on any atom is -0.337 e. The molecule has 4 aromatic rings. The smallest absolute Gasteiger partial charge is 0.148 e. The summed E-state index contributed by atoms with van der Waals surface area (Å²) in [5.74, 6) is 0.847. The van der Waals surface area contributed by atoms with E-state index in [0.29, 0.717) is 10.0 Å². The van der Waals surface area contributed by atoms with Crippen LogP contribution in [0.3, 0.4) is 0 Å². The molecule has 0 bridgehead atoms. The predicted octanol–water partition coefficient (Wildman–Crippen LogP) is 5.75. The lowest BCUT2D eigenvalue weighted by molar-refractivity contribution is 1.36. The number of fused-ring (bicyclic) bond motifs is 2. The Bertz CT molecular complexity index is 868. The fourth-order valence-electron chi connectivity index (χ4n) is 2.22. The lowest BCUT2D eigenvalue weighted by Crippen LogP contribution is -1.72. The SMILES string of the molecule is Clc1cc2nc(-c3cc4ccccc4s3)[nH]c2cc1Cl. The third kappa shape index (κ3) is 1.90. The van der Waals surface area contributed by atoms with Crippen LogP contribution in [0.4, 0.5) is 0 Å². The van der Waals surface area contributed by atoms with Crippen molar-refractivity contribution in [1.82, 2.24) is 9.97 Å². The highest BCUT2D eigenvalue weighted by Gasteiger charge is 2.10. The molecule has 1 N–H and O–H groups in total. The van der Waals surface area contributed by atoms with Gasteiger partial charge in [-0.25, -0.2) is 4.98 Å². The van der Waals surface area contributed by atoms with Crippen LogP contribution in [-0.4, -0.2) is 9.97 Å². The van der Waals surface area contributed by atoms with Crippen molar-refractivity contribution in [1.29, 1.82) is 0 Å². The Labute approximate surface area is 129 Å². The molecule has 2 aromatic heterocycles. The molecular formula is C15H8Cl2N2S. The van der Waals surface area contributed by atoms with Gasteiger partial charge in [0.15, 0.2) is 0 Å². The summed E-state index contributed by atoms with van der Waals surface area (Å²) >= 11 is 13.8. The molecule has 5 heteroatoms. The molecule has 20 heavy (non-hydrogen) atoms. The third-order valence-electron chi connectivity index (χ3n) is 3.18. The zero-order valence-electron chi connectivity index (χ0n) is 10.2. The van der Waals surface area contributed by atoms with E-state index in [1.165, 1.54) is 10.1 Å². The average molecular weight is 319 g/mol. The van der Waals surface area contributed by atoms with Crippen molar-refractivity contribution in [2.24, 2.45) is 0 Å². The monoisotopic (exact) mass is 318 g/mol. The van der Waals surface area contributed by atoms with Crippen LogP contribution in [0.5, 0.6) is 0 Å². The van der Waals surface area contributed by atoms with Crippen molar-refractivity contribution < 1.29 is 0 Å². The largest absolute Gasteiger partial charge is 0.337 e. The van der Waals surface area contributed by atoms with Gasteiger partial charge in [-0.05, 0) is 29.7 Å². The van der Waals surface area contributed by atoms with Crippen molar-refractivity contribution in [3.05, 3.63) is 52.5 Å². The number of nitrogens with one attached hydrogen (secondary N) is 1. The lowest BCUT2D eigenvalue weighted by Gasteiger charge is -1.93. The number of aromatic nitrogens is 2. The van der Waals surface area contributed by atoms with Gasteiger partial charge in [-0.1, -0.05) is 41.4 Å². The van der Waals surface area contributed by atoms with E-state index in [1.54, 1.807) is 17.4 Å². The maximum atomic E-state index is 6.03. The van der Waals surface area contributed by atoms with E-state index in [1.807, 2.05) is 18.2 Å². The number of rotatable bonds is 1. The number of imidazole rings is 1. The van der Waals surface area contributed by atoms with Gasteiger partial charge in [-0.15, -0.1) is 11.3 Å². The van der Waals surface area contributed by atoms with Gasteiger partial charge in [0.1, 0.15) is 5.82 Å². The van der Waals surface area contributed by atoms with Crippen molar-refractivity contribution in [2.45, 2.75) is 0 Å². The summed E-state index contributed by atoms with van der Waals surface area (Å²) in [5.41, 5.74) is 1.72. The first-order chi connectivity index (χ1) is 9.70. The van der Waals surface area contributed by atoms with Gasteiger partial charge >= 0.3 is 0 Å². The molecule has 0 amide bonds. The Morgan fingerprint density at radius 3 is 2.65 bits per heavy atom. The van der Waals surface area contributed by atoms with Gasteiger partial charge in [0.25, 0.3) is 0 Å². The normalized spacial score (nSPS) is 11.5. The fourth-order valence-corrected chi connectivity index (χ4v) is 3.55. The Balaban J connectivity index is 1.93. The average Bonchev–Trinajstić information content (AvgIpc) is 3.02. The number of halogens is 2. The second kappa shape index (κ2) is 4.48. The molecule has 0 aliphatic rings. The standard InChI is InChI=1S/C15H8Cl2N2S/c16-9-6-11-12(7-10(9)17)19-15(18-11)14-5-8-3-1-2-4-13(8)20-14/h1-7H,(H,18,19). The Morgan fingerprint density at radius 1 is 1.00 bits per heavy atom. The lowest BCUT2D eigenvalue weighted by atomic mass is 10.2. The molecule has 0 saturated heterocycles. The molecule has 0 aliphatic heterocycles. The molecule has 98 valence electrons. The van der Waals surface area contributed by atoms with Crippen molar-refractivity contribution in [3.63, 3.8) is 0 Å². The number of aromatic amines is 1. The van der Waals surface area contributed by atoms with Crippen molar-refractivity contribution in [3.8, 4) is 10.7 Å². The van der Waals surface area contributed by atoms with Gasteiger partial charge in [0, 0.05) is 4.70 Å². The molecule has 0 aliphatic carbocycles. The van der Waals surface area contributed by atoms with Crippen LogP contribution in [0.1, 0.15) is 0 Å². The van der Waals surface area contributed by atoms with E-state index < -0.39 is 0 Å². The minimum atomic E-state index is 0.522. The molecule has 0 unspecified atom stereocenters. The highest BCUT2D eigenvalue weighted by molar-refractivity contribution is 7.22. The van der Waals surface area contributed by atoms with Gasteiger partial charge in [0.2, 0.25) is 0 Å². The van der Waals surface area contributed by atoms with E-state index >= 15 is 0 Å². The van der Waals surface area contributed by atoms with Crippen LogP contribution in [0.2, 0.25) is 10.0 Å². The van der Waals surface area contributed by atoms with Gasteiger partial charge in [-0.3, -0.25) is 0 Å². The molecule has 2 heterocycles. The maximum Gasteiger partial charge on any atom is 0.148 e. The van der Waals surface area contributed by atoms with Gasteiger partial charge < -0.3 is 4.98 Å². The summed E-state index contributed by atoms with van der Waals surface area (Å²) in [6.45, 7) is 0. The number of H-pyrrole nitrogens is 1. The molecule has 2 nitrogen and oxygen atoms in total. The number of hydrogen-bond acceptors (Lipinski definition) is 2. The topological polar surface area (TPSA) is 28.7 Å². The highest BCUT2D eigenvalue weighted by atomic mass is 35.5. The van der Waals surface area contributed by atoms with Crippen LogP contribution in [0, 0.1) is 0 Å². The summed E-state index contributed by atoms with van der Waals surface area (Å²) < 4.78 is 1.25. The zero-order valence-corrected chi connectivity index (χ0v) is 12.5. The Morgan fingerprint density at radius 2 is 1.80 bits per heavy atom. The van der Waals surface area contributed by atoms with E-state index in [0.717, 1.165) is 21.7 Å². The van der Waals surface area contributed by atoms with Crippen LogP contribution >= 0.6 is 34.5 Å². The van der Waals surface area contributed by atoms with Crippen molar-refractivity contribution >= 4 is 55.7 Å². The van der Waals surface area contributed by atoms with Crippen LogP contribution in [0.15, 0.2) is 42.5 Å². The molecule has 0 spiro atoms. The fraction of sp³-hybridized carbons (Fsp3) is 0. The molecule has 0 fully saturated rings. The number of hydrogen-bond donors (Lipinski definition) is 1. The number of nitrogens with zero attached hydrogens (tertiary/aromatic N) is 1. The van der Waals surface area contributed by atoms with Gasteiger partial charge in [-0.2, -0.15) is 0 Å². The Hall–Kier alpha value is -1.55. The number of thiophene rings is 1.